The second-order valence-corrected chi connectivity index (χ2v) is 26.2. The molecule has 65 heavy (non-hydrogen) atoms. The van der Waals surface area contributed by atoms with Crippen molar-refractivity contribution in [1.29, 1.82) is 0 Å². The van der Waals surface area contributed by atoms with E-state index < -0.39 is 25.3 Å². The van der Waals surface area contributed by atoms with Gasteiger partial charge in [0.05, 0.1) is 23.7 Å². The number of pyridine rings is 1. The molecule has 15 heteroatoms. The van der Waals surface area contributed by atoms with Crippen molar-refractivity contribution in [2.45, 2.75) is 153 Å². The summed E-state index contributed by atoms with van der Waals surface area (Å²) < 4.78 is 65.0. The van der Waals surface area contributed by atoms with Gasteiger partial charge in [-0.15, -0.1) is 5.54 Å². The fraction of sp³-hybridized carbons (Fsp3) is 0.600. The Morgan fingerprint density at radius 1 is 0.923 bits per heavy atom. The zero-order valence-electron chi connectivity index (χ0n) is 39.6. The van der Waals surface area contributed by atoms with E-state index in [0.29, 0.717) is 63.5 Å². The predicted octanol–water partition coefficient (Wildman–Crippen LogP) is 10.0. The molecule has 0 spiro atoms. The number of rotatable bonds is 10. The van der Waals surface area contributed by atoms with E-state index in [9.17, 15) is 4.79 Å². The molecule has 7 heterocycles. The molecule has 4 fully saturated rings. The van der Waals surface area contributed by atoms with Crippen LogP contribution in [0.25, 0.3) is 32.9 Å². The van der Waals surface area contributed by atoms with Crippen LogP contribution in [0.5, 0.6) is 17.6 Å². The molecular weight excluding hydrogens is 847 g/mol. The molecule has 0 N–H and O–H groups in total. The van der Waals surface area contributed by atoms with E-state index >= 15 is 8.78 Å². The van der Waals surface area contributed by atoms with Gasteiger partial charge in [-0.2, -0.15) is 9.97 Å². The summed E-state index contributed by atoms with van der Waals surface area (Å²) in [5.74, 6) is 3.07. The second kappa shape index (κ2) is 17.5. The highest BCUT2D eigenvalue weighted by Crippen LogP contribution is 2.47. The van der Waals surface area contributed by atoms with Crippen molar-refractivity contribution < 1.29 is 37.3 Å². The number of amides is 1. The smallest absolute Gasteiger partial charge is 0.410 e. The number of halogens is 2. The van der Waals surface area contributed by atoms with E-state index in [-0.39, 0.29) is 77.9 Å². The molecule has 1 amide bonds. The first-order valence-corrected chi connectivity index (χ1v) is 25.9. The number of nitrogens with zero attached hydrogens (tertiary/aromatic N) is 6. The van der Waals surface area contributed by atoms with Crippen molar-refractivity contribution in [3.63, 3.8) is 0 Å². The summed E-state index contributed by atoms with van der Waals surface area (Å²) in [4.78, 5) is 35.2. The average Bonchev–Trinajstić information content (AvgIpc) is 3.94. The quantitative estimate of drug-likeness (QED) is 0.0862. The molecule has 2 aromatic heterocycles. The summed E-state index contributed by atoms with van der Waals surface area (Å²) in [7, 11) is -0.816. The van der Waals surface area contributed by atoms with E-state index in [1.807, 2.05) is 25.7 Å². The Bertz CT molecular complexity index is 2540. The zero-order chi connectivity index (χ0) is 46.1. The van der Waals surface area contributed by atoms with Crippen LogP contribution >= 0.6 is 0 Å². The third-order valence-corrected chi connectivity index (χ3v) is 21.1. The van der Waals surface area contributed by atoms with Gasteiger partial charge < -0.3 is 28.6 Å². The average molecular weight is 911 g/mol. The van der Waals surface area contributed by atoms with Crippen LogP contribution < -0.4 is 19.1 Å². The highest BCUT2D eigenvalue weighted by atomic mass is 28.3. The summed E-state index contributed by atoms with van der Waals surface area (Å²) in [5, 5.41) is 1.32. The lowest BCUT2D eigenvalue weighted by Gasteiger charge is -2.46. The van der Waals surface area contributed by atoms with E-state index in [2.05, 4.69) is 62.8 Å². The molecule has 0 aliphatic carbocycles. The van der Waals surface area contributed by atoms with Gasteiger partial charge in [0.15, 0.2) is 12.6 Å². The van der Waals surface area contributed by atoms with E-state index in [1.165, 1.54) is 26.0 Å². The Balaban J connectivity index is 1.23. The van der Waals surface area contributed by atoms with Crippen LogP contribution in [0.4, 0.5) is 19.4 Å². The van der Waals surface area contributed by atoms with E-state index in [4.69, 9.17) is 38.6 Å². The number of carbonyl (C=O) groups is 1. The number of piperazine rings is 1. The number of carbonyl (C=O) groups excluding carboxylic acids is 1. The summed E-state index contributed by atoms with van der Waals surface area (Å²) in [6.45, 7) is 20.8. The van der Waals surface area contributed by atoms with Crippen LogP contribution in [0.15, 0.2) is 24.3 Å². The summed E-state index contributed by atoms with van der Waals surface area (Å²) in [6, 6.07) is 6.55. The minimum atomic E-state index is -2.34. The summed E-state index contributed by atoms with van der Waals surface area (Å²) in [5.41, 5.74) is 4.25. The molecule has 5 atom stereocenters. The van der Waals surface area contributed by atoms with Crippen molar-refractivity contribution >= 4 is 41.7 Å². The minimum Gasteiger partial charge on any atom is -0.475 e. The van der Waals surface area contributed by atoms with Crippen molar-refractivity contribution in [3.05, 3.63) is 41.5 Å². The molecule has 4 saturated heterocycles. The maximum atomic E-state index is 18.1. The number of ether oxygens (including phenoxy) is 5. The number of fused-ring (bicyclic) bond motifs is 7. The van der Waals surface area contributed by atoms with Gasteiger partial charge in [-0.3, -0.25) is 9.80 Å². The van der Waals surface area contributed by atoms with Crippen LogP contribution in [-0.2, 0) is 9.47 Å². The Hall–Kier alpha value is -4.78. The van der Waals surface area contributed by atoms with Crippen LogP contribution in [-0.4, -0.2) is 115 Å². The van der Waals surface area contributed by atoms with E-state index in [0.717, 1.165) is 32.2 Å². The van der Waals surface area contributed by atoms with Gasteiger partial charge in [-0.25, -0.2) is 18.6 Å². The molecule has 4 aromatic rings. The monoisotopic (exact) mass is 910 g/mol. The predicted molar refractivity (Wildman–Crippen MR) is 250 cm³/mol. The molecule has 348 valence electrons. The molecular formula is C50H64F2N6O6Si. The molecule has 9 rings (SSSR count). The first-order chi connectivity index (χ1) is 31.0. The first-order valence-electron chi connectivity index (χ1n) is 23.6. The van der Waals surface area contributed by atoms with Gasteiger partial charge in [0, 0.05) is 36.7 Å². The standard InChI is InChI=1S/C50H64F2N6O6Si/c1-28(2)65(29(3)4,30(5)6)21-19-36-38(51)17-13-31-22-35(63-27-60-10)23-37(41(31)36)44-43(52)45-42-46(55-48(54-45)62-25-34-15-14-32-12-11-20-56(32)34)57-24-33-16-18-39(40(57)26-61-47(42)53-44)58(33)49(59)64-50(7,8)9/h13,17,22-23,28-30,32-34,39-40H,11-12,14-16,18,20,24-27H2,1-10H3/t32?,33-,34?,39+,40-/m1/s1. The van der Waals surface area contributed by atoms with E-state index in [1.54, 1.807) is 18.2 Å². The minimum absolute atomic E-state index is 0.0238. The third-order valence-electron chi connectivity index (χ3n) is 14.8. The van der Waals surface area contributed by atoms with Gasteiger partial charge in [0.1, 0.15) is 60.9 Å². The first kappa shape index (κ1) is 45.4. The van der Waals surface area contributed by atoms with Crippen molar-refractivity contribution in [1.82, 2.24) is 24.8 Å². The molecule has 2 aromatic carbocycles. The molecule has 5 aliphatic rings. The summed E-state index contributed by atoms with van der Waals surface area (Å²) >= 11 is 0. The zero-order valence-corrected chi connectivity index (χ0v) is 40.6. The maximum Gasteiger partial charge on any atom is 0.410 e. The number of hydrogen-bond acceptors (Lipinski definition) is 11. The number of methoxy groups -OCH3 is 1. The maximum absolute atomic E-state index is 18.1. The lowest BCUT2D eigenvalue weighted by molar-refractivity contribution is 0.00537. The molecule has 2 bridgehead atoms. The Labute approximate surface area is 382 Å². The topological polar surface area (TPSA) is 112 Å². The molecule has 2 unspecified atom stereocenters. The fourth-order valence-corrected chi connectivity index (χ4v) is 17.2. The molecule has 5 aliphatic heterocycles. The van der Waals surface area contributed by atoms with Gasteiger partial charge in [0.2, 0.25) is 5.88 Å². The van der Waals surface area contributed by atoms with Crippen LogP contribution in [0.2, 0.25) is 16.6 Å². The number of anilines is 1. The largest absolute Gasteiger partial charge is 0.475 e. The number of aromatic nitrogens is 3. The van der Waals surface area contributed by atoms with Crippen molar-refractivity contribution in [2.24, 2.45) is 0 Å². The van der Waals surface area contributed by atoms with Crippen LogP contribution in [0.3, 0.4) is 0 Å². The normalized spacial score (nSPS) is 22.9. The van der Waals surface area contributed by atoms with Crippen molar-refractivity contribution in [2.75, 3.05) is 45.1 Å². The highest BCUT2D eigenvalue weighted by molar-refractivity contribution is 6.90. The molecule has 0 radical (unpaired) electrons. The Kier molecular flexibility index (Phi) is 12.2. The summed E-state index contributed by atoms with van der Waals surface area (Å²) in [6.07, 6.45) is 5.63. The van der Waals surface area contributed by atoms with Gasteiger partial charge in [0.25, 0.3) is 0 Å². The SMILES string of the molecule is COCOc1cc(-c2nc3c4c(nc(OCC5CCC6CCCN65)nc4c2F)N2C[C@H]4CC[C@@H]([C@H]2CO3)N4C(=O)OC(C)(C)C)c2c(C#C[Si](C(C)C)(C(C)C)C(C)C)c(F)ccc2c1. The Morgan fingerprint density at radius 3 is 2.40 bits per heavy atom. The van der Waals surface area contributed by atoms with Gasteiger partial charge in [-0.05, 0) is 106 Å². The number of hydrogen-bond donors (Lipinski definition) is 0. The van der Waals surface area contributed by atoms with Crippen LogP contribution in [0, 0.1) is 23.1 Å². The third kappa shape index (κ3) is 8.05. The lowest BCUT2D eigenvalue weighted by atomic mass is 9.95. The van der Waals surface area contributed by atoms with Crippen molar-refractivity contribution in [3.8, 4) is 40.4 Å². The van der Waals surface area contributed by atoms with Gasteiger partial charge in [-0.1, -0.05) is 53.5 Å². The number of benzene rings is 2. The van der Waals surface area contributed by atoms with Crippen LogP contribution in [0.1, 0.15) is 106 Å². The second-order valence-electron chi connectivity index (χ2n) is 20.6. The lowest BCUT2D eigenvalue weighted by Crippen LogP contribution is -2.63. The highest BCUT2D eigenvalue weighted by Gasteiger charge is 2.52. The van der Waals surface area contributed by atoms with Gasteiger partial charge >= 0.3 is 12.1 Å². The molecule has 0 saturated carbocycles. The molecule has 12 nitrogen and oxygen atoms in total. The Morgan fingerprint density at radius 2 is 1.68 bits per heavy atom. The fourth-order valence-electron chi connectivity index (χ4n) is 12.0.